The topological polar surface area (TPSA) is 124 Å². The molecule has 4 rings (SSSR count). The Morgan fingerprint density at radius 2 is 1.72 bits per heavy atom. The van der Waals surface area contributed by atoms with Crippen LogP contribution in [-0.2, 0) is 14.3 Å². The molecule has 0 bridgehead atoms. The van der Waals surface area contributed by atoms with Crippen molar-refractivity contribution < 1.29 is 38.4 Å². The maximum absolute atomic E-state index is 13.5. The largest absolute Gasteiger partial charge is 0.507 e. The second kappa shape index (κ2) is 11.2. The van der Waals surface area contributed by atoms with Crippen LogP contribution in [0.15, 0.2) is 42.0 Å². The van der Waals surface area contributed by atoms with E-state index in [0.717, 1.165) is 16.9 Å². The number of thiazole rings is 1. The third-order valence-electron chi connectivity index (χ3n) is 6.28. The zero-order chi connectivity index (χ0) is 28.4. The Labute approximate surface area is 229 Å². The standard InChI is InChI=1S/C28H28N2O8S/c1-7-38-19-11-8-16(13-20(19)36-5)22-21(23(31)17-9-10-18(35-4)14(2)12-17)24(32)26(33)30(22)28-29-15(3)25(39-28)27(34)37-6/h8-13,22,31H,7H2,1-6H3/b23-21+. The Morgan fingerprint density at radius 1 is 1.03 bits per heavy atom. The van der Waals surface area contributed by atoms with E-state index in [2.05, 4.69) is 4.98 Å². The fourth-order valence-electron chi connectivity index (χ4n) is 4.42. The Bertz CT molecular complexity index is 1490. The first-order valence-corrected chi connectivity index (χ1v) is 12.8. The zero-order valence-electron chi connectivity index (χ0n) is 22.4. The molecule has 11 heteroatoms. The Morgan fingerprint density at radius 3 is 2.33 bits per heavy atom. The number of hydrogen-bond acceptors (Lipinski definition) is 10. The van der Waals surface area contributed by atoms with Crippen molar-refractivity contribution in [2.45, 2.75) is 26.8 Å². The monoisotopic (exact) mass is 552 g/mol. The lowest BCUT2D eigenvalue weighted by Gasteiger charge is -2.24. The molecular formula is C28H28N2O8S. The molecule has 1 aliphatic heterocycles. The van der Waals surface area contributed by atoms with Gasteiger partial charge in [-0.25, -0.2) is 9.78 Å². The van der Waals surface area contributed by atoms with Crippen LogP contribution in [0.3, 0.4) is 0 Å². The molecule has 1 aliphatic rings. The van der Waals surface area contributed by atoms with Gasteiger partial charge in [0, 0.05) is 5.56 Å². The molecule has 1 saturated heterocycles. The van der Waals surface area contributed by atoms with Gasteiger partial charge in [-0.05, 0) is 62.2 Å². The van der Waals surface area contributed by atoms with Gasteiger partial charge in [-0.3, -0.25) is 14.5 Å². The summed E-state index contributed by atoms with van der Waals surface area (Å²) in [7, 11) is 4.26. The summed E-state index contributed by atoms with van der Waals surface area (Å²) in [6.45, 7) is 5.65. The predicted octanol–water partition coefficient (Wildman–Crippen LogP) is 4.59. The summed E-state index contributed by atoms with van der Waals surface area (Å²) in [4.78, 5) is 45.1. The van der Waals surface area contributed by atoms with E-state index < -0.39 is 23.7 Å². The van der Waals surface area contributed by atoms with Crippen LogP contribution >= 0.6 is 11.3 Å². The number of aliphatic hydroxyl groups excluding tert-OH is 1. The number of ketones is 1. The van der Waals surface area contributed by atoms with Gasteiger partial charge in [0.15, 0.2) is 16.6 Å². The number of ether oxygens (including phenoxy) is 4. The lowest BCUT2D eigenvalue weighted by Crippen LogP contribution is -2.29. The van der Waals surface area contributed by atoms with E-state index in [0.29, 0.717) is 40.7 Å². The van der Waals surface area contributed by atoms with Crippen molar-refractivity contribution in [3.8, 4) is 17.2 Å². The van der Waals surface area contributed by atoms with Gasteiger partial charge in [-0.1, -0.05) is 17.4 Å². The molecule has 3 aromatic rings. The molecule has 1 amide bonds. The molecule has 0 spiro atoms. The second-order valence-corrected chi connectivity index (χ2v) is 9.58. The van der Waals surface area contributed by atoms with Gasteiger partial charge in [0.2, 0.25) is 0 Å². The number of methoxy groups -OCH3 is 3. The molecule has 1 aromatic heterocycles. The van der Waals surface area contributed by atoms with E-state index >= 15 is 0 Å². The molecule has 2 heterocycles. The molecule has 1 N–H and O–H groups in total. The summed E-state index contributed by atoms with van der Waals surface area (Å²) in [6.07, 6.45) is 0. The average Bonchev–Trinajstić information content (AvgIpc) is 3.44. The molecule has 0 aliphatic carbocycles. The number of Topliss-reactive ketones (excluding diaryl/α,β-unsaturated/α-hetero) is 1. The molecular weight excluding hydrogens is 524 g/mol. The maximum Gasteiger partial charge on any atom is 0.350 e. The minimum absolute atomic E-state index is 0.109. The molecule has 2 aromatic carbocycles. The van der Waals surface area contributed by atoms with Crippen LogP contribution < -0.4 is 19.1 Å². The summed E-state index contributed by atoms with van der Waals surface area (Å²) in [5.74, 6) is -1.30. The van der Waals surface area contributed by atoms with E-state index in [4.69, 9.17) is 18.9 Å². The van der Waals surface area contributed by atoms with E-state index in [1.54, 1.807) is 50.2 Å². The van der Waals surface area contributed by atoms with Crippen molar-refractivity contribution >= 4 is 39.9 Å². The summed E-state index contributed by atoms with van der Waals surface area (Å²) >= 11 is 0.922. The Hall–Kier alpha value is -4.38. The van der Waals surface area contributed by atoms with Gasteiger partial charge in [-0.2, -0.15) is 0 Å². The normalized spacial score (nSPS) is 16.4. The number of aromatic nitrogens is 1. The van der Waals surface area contributed by atoms with Crippen LogP contribution in [-0.4, -0.2) is 55.7 Å². The van der Waals surface area contributed by atoms with E-state index in [-0.39, 0.29) is 21.3 Å². The van der Waals surface area contributed by atoms with Crippen molar-refractivity contribution in [3.63, 3.8) is 0 Å². The molecule has 39 heavy (non-hydrogen) atoms. The zero-order valence-corrected chi connectivity index (χ0v) is 23.2. The number of amides is 1. The van der Waals surface area contributed by atoms with Gasteiger partial charge >= 0.3 is 11.9 Å². The van der Waals surface area contributed by atoms with Crippen LogP contribution in [0.5, 0.6) is 17.2 Å². The van der Waals surface area contributed by atoms with Gasteiger partial charge in [0.1, 0.15) is 16.4 Å². The minimum atomic E-state index is -1.08. The highest BCUT2D eigenvalue weighted by Crippen LogP contribution is 2.45. The maximum atomic E-state index is 13.5. The number of rotatable bonds is 8. The van der Waals surface area contributed by atoms with Crippen molar-refractivity contribution in [2.75, 3.05) is 32.8 Å². The Balaban J connectivity index is 1.96. The van der Waals surface area contributed by atoms with E-state index in [1.165, 1.54) is 26.2 Å². The van der Waals surface area contributed by atoms with Gasteiger partial charge < -0.3 is 24.1 Å². The smallest absolute Gasteiger partial charge is 0.350 e. The minimum Gasteiger partial charge on any atom is -0.507 e. The SMILES string of the molecule is CCOc1ccc(C2/C(=C(\O)c3ccc(OC)c(C)c3)C(=O)C(=O)N2c2nc(C)c(C(=O)OC)s2)cc1OC. The number of anilines is 1. The number of aryl methyl sites for hydroxylation is 2. The lowest BCUT2D eigenvalue weighted by molar-refractivity contribution is -0.132. The van der Waals surface area contributed by atoms with Crippen LogP contribution in [0.2, 0.25) is 0 Å². The number of esters is 1. The number of nitrogens with zero attached hydrogens (tertiary/aromatic N) is 2. The first kappa shape index (κ1) is 27.6. The quantitative estimate of drug-likeness (QED) is 0.185. The molecule has 1 fully saturated rings. The van der Waals surface area contributed by atoms with Crippen LogP contribution in [0.25, 0.3) is 5.76 Å². The lowest BCUT2D eigenvalue weighted by atomic mass is 9.94. The highest BCUT2D eigenvalue weighted by molar-refractivity contribution is 7.17. The van der Waals surface area contributed by atoms with E-state index in [9.17, 15) is 19.5 Å². The predicted molar refractivity (Wildman–Crippen MR) is 145 cm³/mol. The number of carbonyl (C=O) groups is 3. The van der Waals surface area contributed by atoms with Crippen molar-refractivity contribution in [1.29, 1.82) is 0 Å². The fraction of sp³-hybridized carbons (Fsp3) is 0.286. The highest BCUT2D eigenvalue weighted by atomic mass is 32.1. The molecule has 1 unspecified atom stereocenters. The second-order valence-electron chi connectivity index (χ2n) is 8.60. The van der Waals surface area contributed by atoms with Crippen LogP contribution in [0.1, 0.15) is 45.0 Å². The number of hydrogen-bond donors (Lipinski definition) is 1. The van der Waals surface area contributed by atoms with Crippen molar-refractivity contribution in [2.24, 2.45) is 0 Å². The van der Waals surface area contributed by atoms with Crippen molar-refractivity contribution in [1.82, 2.24) is 4.98 Å². The van der Waals surface area contributed by atoms with Crippen LogP contribution in [0, 0.1) is 13.8 Å². The molecule has 204 valence electrons. The number of carbonyl (C=O) groups excluding carboxylic acids is 3. The number of aliphatic hydroxyl groups is 1. The third-order valence-corrected chi connectivity index (χ3v) is 7.41. The van der Waals surface area contributed by atoms with Gasteiger partial charge in [-0.15, -0.1) is 0 Å². The molecule has 0 radical (unpaired) electrons. The highest BCUT2D eigenvalue weighted by Gasteiger charge is 2.48. The molecule has 10 nitrogen and oxygen atoms in total. The van der Waals surface area contributed by atoms with E-state index in [1.807, 2.05) is 6.92 Å². The fourth-order valence-corrected chi connectivity index (χ4v) is 5.43. The first-order valence-electron chi connectivity index (χ1n) is 12.0. The third kappa shape index (κ3) is 4.92. The van der Waals surface area contributed by atoms with Crippen LogP contribution in [0.4, 0.5) is 5.13 Å². The summed E-state index contributed by atoms with van der Waals surface area (Å²) in [6, 6.07) is 8.86. The molecule has 0 saturated carbocycles. The summed E-state index contributed by atoms with van der Waals surface area (Å²) < 4.78 is 21.3. The van der Waals surface area contributed by atoms with Gasteiger partial charge in [0.25, 0.3) is 5.78 Å². The number of benzene rings is 2. The van der Waals surface area contributed by atoms with Crippen molar-refractivity contribution in [3.05, 3.63) is 69.2 Å². The average molecular weight is 553 g/mol. The summed E-state index contributed by atoms with van der Waals surface area (Å²) in [5.41, 5.74) is 1.74. The Kier molecular flexibility index (Phi) is 7.91. The first-order chi connectivity index (χ1) is 18.7. The molecule has 1 atom stereocenters. The summed E-state index contributed by atoms with van der Waals surface area (Å²) in [5, 5.41) is 11.5. The van der Waals surface area contributed by atoms with Gasteiger partial charge in [0.05, 0.1) is 45.2 Å².